The van der Waals surface area contributed by atoms with Crippen LogP contribution >= 0.6 is 0 Å². The minimum absolute atomic E-state index is 0.282. The number of rotatable bonds is 7. The number of benzene rings is 3. The molecule has 3 aromatic carbocycles. The number of alkyl halides is 3. The maximum atomic E-state index is 12.3. The van der Waals surface area contributed by atoms with Crippen LogP contribution < -0.4 is 19.7 Å². The fourth-order valence-electron chi connectivity index (χ4n) is 2.98. The Morgan fingerprint density at radius 2 is 1.44 bits per heavy atom. The van der Waals surface area contributed by atoms with Gasteiger partial charge in [-0.3, -0.25) is 0 Å². The van der Waals surface area contributed by atoms with Gasteiger partial charge in [-0.05, 0) is 66.7 Å². The number of anilines is 4. The van der Waals surface area contributed by atoms with Crippen LogP contribution in [-0.4, -0.2) is 33.6 Å². The normalized spacial score (nSPS) is 10.9. The molecule has 0 saturated carbocycles. The SMILES string of the molecule is COC(=O)c1cc(OC)ccc1Nc1ccc(N(C)c2ccc(OC(F)(F)F)cc2)cc1. The summed E-state index contributed by atoms with van der Waals surface area (Å²) in [6.45, 7) is 0. The van der Waals surface area contributed by atoms with E-state index >= 15 is 0 Å². The molecule has 6 nitrogen and oxygen atoms in total. The third-order valence-corrected chi connectivity index (χ3v) is 4.62. The van der Waals surface area contributed by atoms with Crippen LogP contribution in [0.4, 0.5) is 35.9 Å². The Balaban J connectivity index is 1.75. The van der Waals surface area contributed by atoms with Gasteiger partial charge in [0.25, 0.3) is 0 Å². The first-order valence-corrected chi connectivity index (χ1v) is 9.43. The second-order valence-electron chi connectivity index (χ2n) is 6.68. The Hall–Kier alpha value is -3.88. The molecule has 0 aliphatic heterocycles. The molecule has 0 aliphatic rings. The number of methoxy groups -OCH3 is 2. The first kappa shape index (κ1) is 22.8. The molecule has 0 bridgehead atoms. The van der Waals surface area contributed by atoms with Crippen LogP contribution in [0.25, 0.3) is 0 Å². The van der Waals surface area contributed by atoms with Crippen LogP contribution in [0, 0.1) is 0 Å². The fourth-order valence-corrected chi connectivity index (χ4v) is 2.98. The highest BCUT2D eigenvalue weighted by atomic mass is 19.4. The van der Waals surface area contributed by atoms with E-state index in [2.05, 4.69) is 10.1 Å². The number of nitrogens with one attached hydrogen (secondary N) is 1. The number of hydrogen-bond acceptors (Lipinski definition) is 6. The molecule has 0 fully saturated rings. The highest BCUT2D eigenvalue weighted by Crippen LogP contribution is 2.30. The average Bonchev–Trinajstić information content (AvgIpc) is 2.78. The molecular formula is C23H21F3N2O4. The van der Waals surface area contributed by atoms with Crippen LogP contribution in [0.1, 0.15) is 10.4 Å². The van der Waals surface area contributed by atoms with Crippen LogP contribution in [0.5, 0.6) is 11.5 Å². The smallest absolute Gasteiger partial charge is 0.497 e. The van der Waals surface area contributed by atoms with E-state index in [1.54, 1.807) is 25.2 Å². The van der Waals surface area contributed by atoms with E-state index < -0.39 is 12.3 Å². The molecule has 0 spiro atoms. The summed E-state index contributed by atoms with van der Waals surface area (Å²) in [6, 6.07) is 17.9. The van der Waals surface area contributed by atoms with Crippen molar-refractivity contribution in [1.82, 2.24) is 0 Å². The largest absolute Gasteiger partial charge is 0.573 e. The molecule has 0 aromatic heterocycles. The Labute approximate surface area is 183 Å². The summed E-state index contributed by atoms with van der Waals surface area (Å²) in [5.74, 6) is -0.254. The predicted molar refractivity (Wildman–Crippen MR) is 115 cm³/mol. The maximum Gasteiger partial charge on any atom is 0.573 e. The van der Waals surface area contributed by atoms with Gasteiger partial charge in [-0.15, -0.1) is 13.2 Å². The van der Waals surface area contributed by atoms with E-state index in [-0.39, 0.29) is 5.75 Å². The van der Waals surface area contributed by atoms with Gasteiger partial charge in [-0.2, -0.15) is 0 Å². The highest BCUT2D eigenvalue weighted by Gasteiger charge is 2.31. The van der Waals surface area contributed by atoms with Crippen LogP contribution in [0.15, 0.2) is 66.7 Å². The lowest BCUT2D eigenvalue weighted by atomic mass is 10.1. The van der Waals surface area contributed by atoms with Gasteiger partial charge in [0.05, 0.1) is 25.5 Å². The quantitative estimate of drug-likeness (QED) is 0.457. The molecule has 1 N–H and O–H groups in total. The van der Waals surface area contributed by atoms with E-state index in [0.29, 0.717) is 22.7 Å². The molecular weight excluding hydrogens is 425 g/mol. The van der Waals surface area contributed by atoms with Crippen molar-refractivity contribution >= 4 is 28.7 Å². The molecule has 3 rings (SSSR count). The molecule has 0 radical (unpaired) electrons. The molecule has 3 aromatic rings. The molecule has 168 valence electrons. The zero-order valence-electron chi connectivity index (χ0n) is 17.6. The minimum Gasteiger partial charge on any atom is -0.497 e. The van der Waals surface area contributed by atoms with Crippen LogP contribution in [0.2, 0.25) is 0 Å². The number of hydrogen-bond donors (Lipinski definition) is 1. The monoisotopic (exact) mass is 446 g/mol. The molecule has 0 aliphatic carbocycles. The van der Waals surface area contributed by atoms with Crippen molar-refractivity contribution in [2.75, 3.05) is 31.5 Å². The Morgan fingerprint density at radius 1 is 0.875 bits per heavy atom. The molecule has 0 amide bonds. The summed E-state index contributed by atoms with van der Waals surface area (Å²) in [6.07, 6.45) is -4.73. The third-order valence-electron chi connectivity index (χ3n) is 4.62. The fraction of sp³-hybridized carbons (Fsp3) is 0.174. The van der Waals surface area contributed by atoms with Crippen LogP contribution in [-0.2, 0) is 4.74 Å². The summed E-state index contributed by atoms with van der Waals surface area (Å²) in [7, 11) is 4.61. The lowest BCUT2D eigenvalue weighted by Crippen LogP contribution is -2.17. The molecule has 0 saturated heterocycles. The van der Waals surface area contributed by atoms with Crippen LogP contribution in [0.3, 0.4) is 0 Å². The average molecular weight is 446 g/mol. The molecule has 0 atom stereocenters. The first-order chi connectivity index (χ1) is 15.2. The van der Waals surface area contributed by atoms with E-state index in [0.717, 1.165) is 11.4 Å². The summed E-state index contributed by atoms with van der Waals surface area (Å²) in [5, 5.41) is 3.18. The molecule has 9 heteroatoms. The van der Waals surface area contributed by atoms with Crippen molar-refractivity contribution in [3.05, 3.63) is 72.3 Å². The van der Waals surface area contributed by atoms with Crippen molar-refractivity contribution in [2.24, 2.45) is 0 Å². The van der Waals surface area contributed by atoms with E-state index in [4.69, 9.17) is 9.47 Å². The lowest BCUT2D eigenvalue weighted by molar-refractivity contribution is -0.274. The van der Waals surface area contributed by atoms with Gasteiger partial charge in [0.2, 0.25) is 0 Å². The lowest BCUT2D eigenvalue weighted by Gasteiger charge is -2.20. The van der Waals surface area contributed by atoms with E-state index in [1.165, 1.54) is 38.5 Å². The number of esters is 1. The zero-order valence-corrected chi connectivity index (χ0v) is 17.6. The second kappa shape index (κ2) is 9.51. The van der Waals surface area contributed by atoms with Gasteiger partial charge in [0.15, 0.2) is 0 Å². The maximum absolute atomic E-state index is 12.3. The summed E-state index contributed by atoms with van der Waals surface area (Å²) < 4.78 is 50.8. The second-order valence-corrected chi connectivity index (χ2v) is 6.68. The summed E-state index contributed by atoms with van der Waals surface area (Å²) >= 11 is 0. The molecule has 0 unspecified atom stereocenters. The van der Waals surface area contributed by atoms with Gasteiger partial charge in [-0.25, -0.2) is 4.79 Å². The number of ether oxygens (including phenoxy) is 3. The summed E-state index contributed by atoms with van der Waals surface area (Å²) in [4.78, 5) is 13.9. The number of carbonyl (C=O) groups excluding carboxylic acids is 1. The summed E-state index contributed by atoms with van der Waals surface area (Å²) in [5.41, 5.74) is 3.10. The van der Waals surface area contributed by atoms with Crippen molar-refractivity contribution in [3.63, 3.8) is 0 Å². The van der Waals surface area contributed by atoms with Gasteiger partial charge in [-0.1, -0.05) is 0 Å². The number of halogens is 3. The predicted octanol–water partition coefficient (Wildman–Crippen LogP) is 5.89. The zero-order chi connectivity index (χ0) is 23.3. The van der Waals surface area contributed by atoms with Crippen molar-refractivity contribution in [3.8, 4) is 11.5 Å². The highest BCUT2D eigenvalue weighted by molar-refractivity contribution is 5.97. The Kier molecular flexibility index (Phi) is 6.77. The Morgan fingerprint density at radius 3 is 1.97 bits per heavy atom. The molecule has 32 heavy (non-hydrogen) atoms. The topological polar surface area (TPSA) is 60.0 Å². The van der Waals surface area contributed by atoms with Gasteiger partial charge in [0.1, 0.15) is 11.5 Å². The van der Waals surface area contributed by atoms with Crippen molar-refractivity contribution in [2.45, 2.75) is 6.36 Å². The standard InChI is InChI=1S/C23H21F3N2O4/c1-28(17-8-10-18(11-9-17)32-23(24,25)26)16-6-4-15(5-7-16)27-21-13-12-19(30-2)14-20(21)22(29)31-3/h4-14,27H,1-3H3. The Bertz CT molecular complexity index is 1070. The first-order valence-electron chi connectivity index (χ1n) is 9.43. The van der Waals surface area contributed by atoms with Gasteiger partial charge >= 0.3 is 12.3 Å². The number of nitrogens with zero attached hydrogens (tertiary/aromatic N) is 1. The van der Waals surface area contributed by atoms with Gasteiger partial charge < -0.3 is 24.4 Å². The van der Waals surface area contributed by atoms with E-state index in [1.807, 2.05) is 29.2 Å². The molecule has 0 heterocycles. The third kappa shape index (κ3) is 5.63. The van der Waals surface area contributed by atoms with E-state index in [9.17, 15) is 18.0 Å². The van der Waals surface area contributed by atoms with Crippen molar-refractivity contribution in [1.29, 1.82) is 0 Å². The number of carbonyl (C=O) groups is 1. The minimum atomic E-state index is -4.73. The van der Waals surface area contributed by atoms with Gasteiger partial charge in [0, 0.05) is 24.1 Å². The van der Waals surface area contributed by atoms with Crippen molar-refractivity contribution < 1.29 is 32.2 Å².